The molecule has 0 bridgehead atoms. The summed E-state index contributed by atoms with van der Waals surface area (Å²) in [7, 11) is -3.39. The Balaban J connectivity index is 1.56. The molecule has 6 nitrogen and oxygen atoms in total. The second-order valence-corrected chi connectivity index (χ2v) is 8.57. The molecule has 1 amide bonds. The minimum Gasteiger partial charge on any atom is -0.379 e. The van der Waals surface area contributed by atoms with Crippen LogP contribution in [0.3, 0.4) is 0 Å². The van der Waals surface area contributed by atoms with Crippen molar-refractivity contribution in [3.8, 4) is 0 Å². The van der Waals surface area contributed by atoms with Crippen LogP contribution < -0.4 is 5.32 Å². The Hall–Kier alpha value is -1.51. The highest BCUT2D eigenvalue weighted by atomic mass is 32.2. The molecule has 0 spiro atoms. The van der Waals surface area contributed by atoms with Gasteiger partial charge in [-0.25, -0.2) is 12.8 Å². The number of carbonyl (C=O) groups is 1. The molecule has 1 N–H and O–H groups in total. The lowest BCUT2D eigenvalue weighted by molar-refractivity contribution is -0.122. The number of hydrogen-bond donors (Lipinski definition) is 1. The van der Waals surface area contributed by atoms with Gasteiger partial charge in [-0.1, -0.05) is 12.1 Å². The zero-order valence-corrected chi connectivity index (χ0v) is 14.8. The molecule has 1 aromatic rings. The van der Waals surface area contributed by atoms with Gasteiger partial charge in [0.25, 0.3) is 0 Å². The van der Waals surface area contributed by atoms with E-state index in [1.165, 1.54) is 16.4 Å². The van der Waals surface area contributed by atoms with Crippen LogP contribution in [0.15, 0.2) is 24.3 Å². The number of rotatable bonds is 7. The molecule has 25 heavy (non-hydrogen) atoms. The lowest BCUT2D eigenvalue weighted by Crippen LogP contribution is -2.44. The first-order valence-corrected chi connectivity index (χ1v) is 10.2. The van der Waals surface area contributed by atoms with Gasteiger partial charge in [0.1, 0.15) is 5.82 Å². The summed E-state index contributed by atoms with van der Waals surface area (Å²) in [5, 5.41) is 2.74. The lowest BCUT2D eigenvalue weighted by atomic mass is 9.93. The Bertz CT molecular complexity index is 698. The van der Waals surface area contributed by atoms with E-state index >= 15 is 0 Å². The fraction of sp³-hybridized carbons (Fsp3) is 0.588. The summed E-state index contributed by atoms with van der Waals surface area (Å²) in [4.78, 5) is 12.5. The minimum absolute atomic E-state index is 0.0724. The van der Waals surface area contributed by atoms with Gasteiger partial charge >= 0.3 is 0 Å². The maximum absolute atomic E-state index is 13.1. The Kier molecular flexibility index (Phi) is 5.71. The van der Waals surface area contributed by atoms with Crippen molar-refractivity contribution in [2.75, 3.05) is 38.6 Å². The van der Waals surface area contributed by atoms with E-state index in [2.05, 4.69) is 5.32 Å². The number of hydrogen-bond acceptors (Lipinski definition) is 4. The van der Waals surface area contributed by atoms with Gasteiger partial charge in [0, 0.05) is 19.6 Å². The van der Waals surface area contributed by atoms with Crippen molar-refractivity contribution in [3.63, 3.8) is 0 Å². The molecule has 8 heteroatoms. The number of morpholine rings is 1. The van der Waals surface area contributed by atoms with E-state index in [0.29, 0.717) is 26.3 Å². The van der Waals surface area contributed by atoms with Crippen molar-refractivity contribution in [3.05, 3.63) is 35.6 Å². The van der Waals surface area contributed by atoms with E-state index in [4.69, 9.17) is 4.74 Å². The molecule has 3 rings (SSSR count). The van der Waals surface area contributed by atoms with Gasteiger partial charge in [-0.05, 0) is 36.5 Å². The molecule has 1 aromatic carbocycles. The predicted octanol–water partition coefficient (Wildman–Crippen LogP) is 1.10. The summed E-state index contributed by atoms with van der Waals surface area (Å²) in [5.41, 5.74) is 0.775. The normalized spacial score (nSPS) is 20.2. The number of ether oxygens (including phenoxy) is 1. The molecule has 138 valence electrons. The van der Waals surface area contributed by atoms with Crippen LogP contribution in [0.25, 0.3) is 0 Å². The van der Waals surface area contributed by atoms with Crippen molar-refractivity contribution >= 4 is 15.9 Å². The first-order valence-electron chi connectivity index (χ1n) is 8.56. The van der Waals surface area contributed by atoms with Gasteiger partial charge in [0.05, 0.1) is 24.9 Å². The van der Waals surface area contributed by atoms with Crippen LogP contribution in [0.1, 0.15) is 24.3 Å². The highest BCUT2D eigenvalue weighted by Gasteiger charge is 2.37. The molecule has 2 fully saturated rings. The maximum atomic E-state index is 13.1. The Morgan fingerprint density at radius 3 is 2.48 bits per heavy atom. The summed E-state index contributed by atoms with van der Waals surface area (Å²) >= 11 is 0. The molecule has 1 unspecified atom stereocenters. The second-order valence-electron chi connectivity index (χ2n) is 6.49. The smallest absolute Gasteiger partial charge is 0.227 e. The molecular formula is C17H23FN2O4S. The first-order chi connectivity index (χ1) is 12.0. The average molecular weight is 370 g/mol. The van der Waals surface area contributed by atoms with Gasteiger partial charge in [-0.2, -0.15) is 4.31 Å². The molecule has 2 aliphatic rings. The van der Waals surface area contributed by atoms with E-state index in [9.17, 15) is 17.6 Å². The van der Waals surface area contributed by atoms with E-state index < -0.39 is 10.0 Å². The van der Waals surface area contributed by atoms with Crippen LogP contribution in [-0.2, 0) is 19.6 Å². The van der Waals surface area contributed by atoms with Crippen molar-refractivity contribution in [1.82, 2.24) is 9.62 Å². The molecule has 0 radical (unpaired) electrons. The molecule has 1 heterocycles. The number of benzene rings is 1. The Labute approximate surface area is 147 Å². The number of sulfonamides is 1. The standard InChI is InChI=1S/C17H23FN2O4S/c18-15-5-3-14(4-6-15)16(13-1-2-13)17(21)19-7-12-25(22,23)20-8-10-24-11-9-20/h3-6,13,16H,1-2,7-12H2,(H,19,21). The number of halogens is 1. The van der Waals surface area contributed by atoms with Crippen LogP contribution in [0.5, 0.6) is 0 Å². The van der Waals surface area contributed by atoms with Crippen molar-refractivity contribution < 1.29 is 22.3 Å². The molecule has 1 saturated carbocycles. The highest BCUT2D eigenvalue weighted by Crippen LogP contribution is 2.42. The van der Waals surface area contributed by atoms with Crippen LogP contribution in [0, 0.1) is 11.7 Å². The van der Waals surface area contributed by atoms with Crippen LogP contribution >= 0.6 is 0 Å². The quantitative estimate of drug-likeness (QED) is 0.780. The van der Waals surface area contributed by atoms with E-state index in [1.807, 2.05) is 0 Å². The number of carbonyl (C=O) groups excluding carboxylic acids is 1. The summed E-state index contributed by atoms with van der Waals surface area (Å²) in [6.45, 7) is 1.59. The fourth-order valence-electron chi connectivity index (χ4n) is 3.10. The number of nitrogens with zero attached hydrogens (tertiary/aromatic N) is 1. The molecule has 1 atom stereocenters. The van der Waals surface area contributed by atoms with E-state index in [1.54, 1.807) is 12.1 Å². The minimum atomic E-state index is -3.39. The zero-order chi connectivity index (χ0) is 17.9. The predicted molar refractivity (Wildman–Crippen MR) is 91.1 cm³/mol. The zero-order valence-electron chi connectivity index (χ0n) is 14.0. The third-order valence-electron chi connectivity index (χ3n) is 4.63. The molecule has 0 aromatic heterocycles. The molecule has 1 aliphatic carbocycles. The van der Waals surface area contributed by atoms with Gasteiger partial charge in [-0.3, -0.25) is 4.79 Å². The van der Waals surface area contributed by atoms with Crippen LogP contribution in [-0.4, -0.2) is 57.2 Å². The van der Waals surface area contributed by atoms with Crippen LogP contribution in [0.2, 0.25) is 0 Å². The summed E-state index contributed by atoms with van der Waals surface area (Å²) in [6.07, 6.45) is 1.92. The van der Waals surface area contributed by atoms with Gasteiger partial charge in [0.2, 0.25) is 15.9 Å². The average Bonchev–Trinajstić information content (AvgIpc) is 3.42. The van der Waals surface area contributed by atoms with Gasteiger partial charge < -0.3 is 10.1 Å². The third-order valence-corrected chi connectivity index (χ3v) is 6.50. The lowest BCUT2D eigenvalue weighted by Gasteiger charge is -2.26. The number of nitrogens with one attached hydrogen (secondary N) is 1. The monoisotopic (exact) mass is 370 g/mol. The Morgan fingerprint density at radius 2 is 1.88 bits per heavy atom. The van der Waals surface area contributed by atoms with Crippen molar-refractivity contribution in [2.24, 2.45) is 5.92 Å². The van der Waals surface area contributed by atoms with Crippen molar-refractivity contribution in [2.45, 2.75) is 18.8 Å². The summed E-state index contributed by atoms with van der Waals surface area (Å²) in [5.74, 6) is -0.742. The SMILES string of the molecule is O=C(NCCS(=O)(=O)N1CCOCC1)C(c1ccc(F)cc1)C1CC1. The third kappa shape index (κ3) is 4.77. The Morgan fingerprint density at radius 1 is 1.24 bits per heavy atom. The topological polar surface area (TPSA) is 75.7 Å². The van der Waals surface area contributed by atoms with Crippen LogP contribution in [0.4, 0.5) is 4.39 Å². The van der Waals surface area contributed by atoms with Crippen molar-refractivity contribution in [1.29, 1.82) is 0 Å². The van der Waals surface area contributed by atoms with Gasteiger partial charge in [0.15, 0.2) is 0 Å². The summed E-state index contributed by atoms with van der Waals surface area (Å²) in [6, 6.07) is 5.95. The fourth-order valence-corrected chi connectivity index (χ4v) is 4.43. The largest absolute Gasteiger partial charge is 0.379 e. The van der Waals surface area contributed by atoms with E-state index in [0.717, 1.165) is 18.4 Å². The maximum Gasteiger partial charge on any atom is 0.227 e. The summed E-state index contributed by atoms with van der Waals surface area (Å²) < 4.78 is 44.2. The van der Waals surface area contributed by atoms with E-state index in [-0.39, 0.29) is 35.9 Å². The second kappa shape index (κ2) is 7.80. The number of amides is 1. The highest BCUT2D eigenvalue weighted by molar-refractivity contribution is 7.89. The molecule has 1 saturated heterocycles. The molecular weight excluding hydrogens is 347 g/mol. The van der Waals surface area contributed by atoms with Gasteiger partial charge in [-0.15, -0.1) is 0 Å². The molecule has 1 aliphatic heterocycles. The first kappa shape index (κ1) is 18.3.